The Morgan fingerprint density at radius 1 is 1.03 bits per heavy atom. The van der Waals surface area contributed by atoms with Gasteiger partial charge in [-0.15, -0.1) is 0 Å². The van der Waals surface area contributed by atoms with Crippen LogP contribution in [0.25, 0.3) is 21.7 Å². The number of rotatable bonds is 6. The normalized spacial score (nSPS) is 15.8. The van der Waals surface area contributed by atoms with Crippen molar-refractivity contribution in [3.05, 3.63) is 87.7 Å². The number of hydrazone groups is 1. The van der Waals surface area contributed by atoms with Gasteiger partial charge in [0, 0.05) is 48.9 Å². The molecule has 3 heterocycles. The summed E-state index contributed by atoms with van der Waals surface area (Å²) < 4.78 is 27.9. The molecule has 5 rings (SSSR count). The van der Waals surface area contributed by atoms with E-state index in [1.165, 1.54) is 0 Å². The first-order chi connectivity index (χ1) is 16.8. The average Bonchev–Trinajstić information content (AvgIpc) is 3.23. The van der Waals surface area contributed by atoms with Crippen LogP contribution in [0.5, 0.6) is 0 Å². The first kappa shape index (κ1) is 23.0. The number of hydrogen-bond acceptors (Lipinski definition) is 8. The highest BCUT2D eigenvalue weighted by Crippen LogP contribution is 2.23. The van der Waals surface area contributed by atoms with Gasteiger partial charge < -0.3 is 0 Å². The summed E-state index contributed by atoms with van der Waals surface area (Å²) in [5.41, 5.74) is 3.13. The number of fused-ring (bicyclic) bond motifs is 2. The van der Waals surface area contributed by atoms with Crippen molar-refractivity contribution in [2.24, 2.45) is 5.10 Å². The summed E-state index contributed by atoms with van der Waals surface area (Å²) in [6.45, 7) is 2.58. The fourth-order valence-corrected chi connectivity index (χ4v) is 5.18. The van der Waals surface area contributed by atoms with Gasteiger partial charge in [0.2, 0.25) is 10.0 Å². The Kier molecular flexibility index (Phi) is 6.00. The lowest BCUT2D eigenvalue weighted by Gasteiger charge is -2.10. The number of benzene rings is 1. The molecule has 2 aromatic carbocycles. The third kappa shape index (κ3) is 5.03. The zero-order valence-corrected chi connectivity index (χ0v) is 20.2. The molecule has 0 saturated heterocycles. The van der Waals surface area contributed by atoms with Gasteiger partial charge in [-0.2, -0.15) is 5.10 Å². The van der Waals surface area contributed by atoms with E-state index in [0.29, 0.717) is 27.5 Å². The molecule has 0 bridgehead atoms. The van der Waals surface area contributed by atoms with Crippen LogP contribution in [0.4, 0.5) is 0 Å². The number of sulfonamides is 1. The van der Waals surface area contributed by atoms with E-state index in [9.17, 15) is 13.2 Å². The predicted octanol–water partition coefficient (Wildman–Crippen LogP) is 2.48. The van der Waals surface area contributed by atoms with Crippen LogP contribution in [0.3, 0.4) is 0 Å². The minimum absolute atomic E-state index is 0.0453. The predicted molar refractivity (Wildman–Crippen MR) is 136 cm³/mol. The highest BCUT2D eigenvalue weighted by Gasteiger charge is 2.18. The molecule has 0 aliphatic carbocycles. The molecule has 9 nitrogen and oxygen atoms in total. The first-order valence-corrected chi connectivity index (χ1v) is 12.8. The Morgan fingerprint density at radius 3 is 2.60 bits per heavy atom. The summed E-state index contributed by atoms with van der Waals surface area (Å²) in [5.74, 6) is -0.190. The van der Waals surface area contributed by atoms with E-state index in [1.807, 2.05) is 43.4 Å². The average molecular weight is 489 g/mol. The van der Waals surface area contributed by atoms with E-state index in [-0.39, 0.29) is 23.6 Å². The van der Waals surface area contributed by atoms with Gasteiger partial charge in [0.15, 0.2) is 5.43 Å². The van der Waals surface area contributed by atoms with Crippen molar-refractivity contribution in [2.45, 2.75) is 25.1 Å². The Hall–Kier alpha value is -3.76. The van der Waals surface area contributed by atoms with Crippen molar-refractivity contribution in [1.82, 2.24) is 24.7 Å². The number of nitrogens with zero attached hydrogens (tertiary/aromatic N) is 5. The molecular formula is C25H24N6O3S. The van der Waals surface area contributed by atoms with Crippen LogP contribution in [-0.4, -0.2) is 48.2 Å². The number of likely N-dealkylation sites (N-methyl/N-ethyl adjacent to an activating group) is 1. The van der Waals surface area contributed by atoms with Crippen LogP contribution in [0.15, 0.2) is 64.9 Å². The highest BCUT2D eigenvalue weighted by atomic mass is 32.2. The highest BCUT2D eigenvalue weighted by molar-refractivity contribution is 7.88. The Morgan fingerprint density at radius 2 is 1.86 bits per heavy atom. The van der Waals surface area contributed by atoms with Crippen molar-refractivity contribution in [3.63, 3.8) is 0 Å². The van der Waals surface area contributed by atoms with E-state index < -0.39 is 10.0 Å². The van der Waals surface area contributed by atoms with Gasteiger partial charge in [-0.1, -0.05) is 18.2 Å². The second-order valence-corrected chi connectivity index (χ2v) is 10.5. The second kappa shape index (κ2) is 9.12. The van der Waals surface area contributed by atoms with E-state index in [4.69, 9.17) is 0 Å². The van der Waals surface area contributed by atoms with Crippen LogP contribution in [-0.2, 0) is 22.3 Å². The number of aromatic nitrogens is 3. The minimum Gasteiger partial charge on any atom is -0.299 e. The maximum absolute atomic E-state index is 13.5. The van der Waals surface area contributed by atoms with Crippen LogP contribution >= 0.6 is 0 Å². The Bertz CT molecular complexity index is 1620. The SMILES string of the molecule is Cc1cnc(CNS(=O)(=O)Cc2ccc3ccc4ncc(C5C=NN(C)C5)cc4c(=O)c3c2)cn1. The molecular weight excluding hydrogens is 464 g/mol. The van der Waals surface area contributed by atoms with Gasteiger partial charge in [-0.3, -0.25) is 24.8 Å². The zero-order valence-electron chi connectivity index (χ0n) is 19.3. The van der Waals surface area contributed by atoms with Crippen molar-refractivity contribution in [2.75, 3.05) is 13.6 Å². The van der Waals surface area contributed by atoms with Gasteiger partial charge in [0.1, 0.15) is 0 Å². The lowest BCUT2D eigenvalue weighted by Crippen LogP contribution is -2.25. The minimum atomic E-state index is -3.66. The molecule has 1 aliphatic rings. The quantitative estimate of drug-likeness (QED) is 0.443. The lowest BCUT2D eigenvalue weighted by molar-refractivity contribution is 0.381. The van der Waals surface area contributed by atoms with E-state index in [0.717, 1.165) is 23.2 Å². The summed E-state index contributed by atoms with van der Waals surface area (Å²) >= 11 is 0. The maximum atomic E-state index is 13.5. The molecule has 1 atom stereocenters. The molecule has 1 aliphatic heterocycles. The molecule has 1 N–H and O–H groups in total. The third-order valence-corrected chi connectivity index (χ3v) is 7.26. The summed E-state index contributed by atoms with van der Waals surface area (Å²) in [4.78, 5) is 26.3. The molecule has 0 saturated carbocycles. The number of pyridine rings is 1. The fourth-order valence-electron chi connectivity index (χ4n) is 4.09. The van der Waals surface area contributed by atoms with Gasteiger partial charge in [-0.25, -0.2) is 13.1 Å². The number of hydrogen-bond donors (Lipinski definition) is 1. The molecule has 2 aromatic heterocycles. The maximum Gasteiger partial charge on any atom is 0.216 e. The van der Waals surface area contributed by atoms with Crippen LogP contribution < -0.4 is 10.2 Å². The monoisotopic (exact) mass is 488 g/mol. The standard InChI is InChI=1S/C25H24N6O3S/c1-16-9-27-21(12-26-16)13-30-35(33,34)15-17-3-4-18-5-6-24-23(25(32)22(18)7-17)8-19(10-28-24)20-11-29-31(2)14-20/h3-12,20,30H,13-15H2,1-2H3. The van der Waals surface area contributed by atoms with Crippen molar-refractivity contribution in [3.8, 4) is 0 Å². The van der Waals surface area contributed by atoms with Crippen molar-refractivity contribution in [1.29, 1.82) is 0 Å². The molecule has 35 heavy (non-hydrogen) atoms. The van der Waals surface area contributed by atoms with Gasteiger partial charge in [0.25, 0.3) is 0 Å². The number of nitrogens with one attached hydrogen (secondary N) is 1. The summed E-state index contributed by atoms with van der Waals surface area (Å²) in [7, 11) is -1.76. The van der Waals surface area contributed by atoms with Crippen LogP contribution in [0.2, 0.25) is 0 Å². The molecule has 0 radical (unpaired) electrons. The molecule has 0 spiro atoms. The first-order valence-electron chi connectivity index (χ1n) is 11.1. The summed E-state index contributed by atoms with van der Waals surface area (Å²) in [5, 5.41) is 7.79. The van der Waals surface area contributed by atoms with E-state index in [2.05, 4.69) is 24.8 Å². The lowest BCUT2D eigenvalue weighted by atomic mass is 10.0. The van der Waals surface area contributed by atoms with Crippen molar-refractivity contribution >= 4 is 37.9 Å². The van der Waals surface area contributed by atoms with E-state index in [1.54, 1.807) is 36.8 Å². The van der Waals surface area contributed by atoms with Crippen LogP contribution in [0, 0.1) is 6.92 Å². The number of aryl methyl sites for hydroxylation is 1. The topological polar surface area (TPSA) is 118 Å². The van der Waals surface area contributed by atoms with Crippen molar-refractivity contribution < 1.29 is 8.42 Å². The van der Waals surface area contributed by atoms with E-state index >= 15 is 0 Å². The third-order valence-electron chi connectivity index (χ3n) is 5.96. The zero-order chi connectivity index (χ0) is 24.6. The molecule has 0 amide bonds. The molecule has 4 aromatic rings. The summed E-state index contributed by atoms with van der Waals surface area (Å²) in [6.07, 6.45) is 6.77. The molecule has 178 valence electrons. The molecule has 1 unspecified atom stereocenters. The fraction of sp³-hybridized carbons (Fsp3) is 0.240. The van der Waals surface area contributed by atoms with Gasteiger partial charge in [-0.05, 0) is 41.6 Å². The van der Waals surface area contributed by atoms with Crippen LogP contribution in [0.1, 0.15) is 28.4 Å². The largest absolute Gasteiger partial charge is 0.299 e. The smallest absolute Gasteiger partial charge is 0.216 e. The molecule has 0 fully saturated rings. The Labute approximate surface area is 202 Å². The van der Waals surface area contributed by atoms with Gasteiger partial charge in [0.05, 0.1) is 35.4 Å². The van der Waals surface area contributed by atoms with Gasteiger partial charge >= 0.3 is 0 Å². The molecule has 10 heteroatoms. The second-order valence-electron chi connectivity index (χ2n) is 8.73. The summed E-state index contributed by atoms with van der Waals surface area (Å²) in [6, 6.07) is 10.7. The Balaban J connectivity index is 1.46.